The molecule has 0 aliphatic carbocycles. The van der Waals surface area contributed by atoms with Crippen molar-refractivity contribution in [2.75, 3.05) is 24.6 Å². The Morgan fingerprint density at radius 2 is 1.93 bits per heavy atom. The summed E-state index contributed by atoms with van der Waals surface area (Å²) in [5, 5.41) is 10.8. The fourth-order valence-corrected chi connectivity index (χ4v) is 6.61. The van der Waals surface area contributed by atoms with Crippen LogP contribution in [0, 0.1) is 23.0 Å². The Kier molecular flexibility index (Phi) is 8.06. The van der Waals surface area contributed by atoms with Gasteiger partial charge >= 0.3 is 0 Å². The number of ether oxygens (including phenoxy) is 1. The van der Waals surface area contributed by atoms with Crippen LogP contribution in [-0.2, 0) is 11.2 Å². The van der Waals surface area contributed by atoms with Gasteiger partial charge in [-0.2, -0.15) is 5.26 Å². The number of aromatic nitrogens is 3. The van der Waals surface area contributed by atoms with Crippen LogP contribution in [0.1, 0.15) is 56.9 Å². The summed E-state index contributed by atoms with van der Waals surface area (Å²) in [5.41, 5.74) is 0.847. The van der Waals surface area contributed by atoms with Crippen LogP contribution in [0.2, 0.25) is 0 Å². The number of piperazine rings is 1. The highest BCUT2D eigenvalue weighted by atomic mass is 19.1. The van der Waals surface area contributed by atoms with Crippen molar-refractivity contribution in [3.63, 3.8) is 0 Å². The number of nitriles is 1. The smallest absolute Gasteiger partial charge is 0.276 e. The number of fused-ring (bicyclic) bond motifs is 5. The SMILES string of the molecule is C=CC(=O)N1CC(C)N(c2c(C#N)c(=O)n3c4nc(c(F)cc24)-c2c(F)cccc2OCCCc2ccnc(C(C)C)c2-3)CC1C. The first kappa shape index (κ1) is 30.9. The molecule has 236 valence electrons. The molecule has 5 heterocycles. The second kappa shape index (κ2) is 12.0. The molecule has 2 bridgehead atoms. The van der Waals surface area contributed by atoms with Crippen molar-refractivity contribution in [2.45, 2.75) is 58.5 Å². The van der Waals surface area contributed by atoms with E-state index >= 15 is 8.78 Å². The van der Waals surface area contributed by atoms with Gasteiger partial charge in [-0.05, 0) is 68.5 Å². The molecule has 0 saturated carbocycles. The maximum atomic E-state index is 16.4. The average Bonchev–Trinajstić information content (AvgIpc) is 3.03. The second-order valence-corrected chi connectivity index (χ2v) is 12.1. The van der Waals surface area contributed by atoms with Gasteiger partial charge in [0.1, 0.15) is 28.9 Å². The van der Waals surface area contributed by atoms with E-state index in [1.807, 2.05) is 38.7 Å². The highest BCUT2D eigenvalue weighted by molar-refractivity contribution is 5.96. The minimum atomic E-state index is -0.841. The van der Waals surface area contributed by atoms with Gasteiger partial charge in [-0.3, -0.25) is 19.1 Å². The molecule has 2 aliphatic rings. The van der Waals surface area contributed by atoms with Gasteiger partial charge in [0.2, 0.25) is 5.91 Å². The fourth-order valence-electron chi connectivity index (χ4n) is 6.61. The zero-order chi connectivity index (χ0) is 32.9. The van der Waals surface area contributed by atoms with Crippen LogP contribution in [0.25, 0.3) is 28.0 Å². The molecule has 9 nitrogen and oxygen atoms in total. The Labute approximate surface area is 265 Å². The number of rotatable bonds is 3. The van der Waals surface area contributed by atoms with E-state index in [-0.39, 0.29) is 82.9 Å². The molecule has 4 aromatic rings. The van der Waals surface area contributed by atoms with Crippen molar-refractivity contribution < 1.29 is 18.3 Å². The summed E-state index contributed by atoms with van der Waals surface area (Å²) in [6.07, 6.45) is 3.94. The second-order valence-electron chi connectivity index (χ2n) is 12.1. The van der Waals surface area contributed by atoms with E-state index in [1.165, 1.54) is 28.8 Å². The normalized spacial score (nSPS) is 17.9. The van der Waals surface area contributed by atoms with Gasteiger partial charge in [0.25, 0.3) is 5.56 Å². The van der Waals surface area contributed by atoms with Gasteiger partial charge in [0, 0.05) is 36.8 Å². The first-order chi connectivity index (χ1) is 22.1. The van der Waals surface area contributed by atoms with Crippen LogP contribution >= 0.6 is 0 Å². The number of anilines is 1. The van der Waals surface area contributed by atoms with Crippen LogP contribution in [0.15, 0.2) is 54.0 Å². The summed E-state index contributed by atoms with van der Waals surface area (Å²) < 4.78 is 39.2. The molecule has 3 aromatic heterocycles. The molecular weight excluding hydrogens is 590 g/mol. The van der Waals surface area contributed by atoms with Gasteiger partial charge in [-0.1, -0.05) is 26.5 Å². The van der Waals surface area contributed by atoms with Crippen LogP contribution in [0.5, 0.6) is 5.75 Å². The van der Waals surface area contributed by atoms with Crippen LogP contribution in [-0.4, -0.2) is 57.1 Å². The maximum Gasteiger partial charge on any atom is 0.276 e. The monoisotopic (exact) mass is 624 g/mol. The molecule has 1 saturated heterocycles. The Hall–Kier alpha value is -5.11. The Morgan fingerprint density at radius 3 is 2.65 bits per heavy atom. The molecule has 0 radical (unpaired) electrons. The number of hydrogen-bond donors (Lipinski definition) is 0. The lowest BCUT2D eigenvalue weighted by Gasteiger charge is -2.45. The molecule has 0 N–H and O–H groups in total. The van der Waals surface area contributed by atoms with E-state index in [4.69, 9.17) is 9.72 Å². The van der Waals surface area contributed by atoms with Crippen molar-refractivity contribution in [3.8, 4) is 28.8 Å². The molecule has 46 heavy (non-hydrogen) atoms. The van der Waals surface area contributed by atoms with Gasteiger partial charge in [-0.25, -0.2) is 13.8 Å². The van der Waals surface area contributed by atoms with Crippen LogP contribution in [0.4, 0.5) is 14.5 Å². The summed E-state index contributed by atoms with van der Waals surface area (Å²) in [6, 6.07) is 8.75. The molecular formula is C35H34F2N6O3. The molecule has 1 fully saturated rings. The largest absolute Gasteiger partial charge is 0.493 e. The zero-order valence-electron chi connectivity index (χ0n) is 26.2. The highest BCUT2D eigenvalue weighted by Crippen LogP contribution is 2.40. The standard InChI is InChI=1S/C35H34F2N6O3/c1-6-28(44)41-17-21(5)42(18-20(41)4)33-23-15-26(37)31-29-25(36)10-7-11-27(29)46-14-8-9-22-12-13-39-30(19(2)3)32(22)43(34(23)40-31)35(45)24(33)16-38/h6-7,10-13,15,19-21H,1,8-9,14,17-18H2,2-5H3. The predicted octanol–water partition coefficient (Wildman–Crippen LogP) is 5.66. The number of pyridine rings is 3. The van der Waals surface area contributed by atoms with Gasteiger partial charge in [-0.15, -0.1) is 0 Å². The quantitative estimate of drug-likeness (QED) is 0.271. The first-order valence-corrected chi connectivity index (χ1v) is 15.4. The number of carbonyl (C=O) groups excluding carboxylic acids is 1. The van der Waals surface area contributed by atoms with Crippen LogP contribution < -0.4 is 15.2 Å². The Morgan fingerprint density at radius 1 is 1.15 bits per heavy atom. The number of carbonyl (C=O) groups is 1. The number of amides is 1. The Bertz CT molecular complexity index is 2000. The lowest BCUT2D eigenvalue weighted by Crippen LogP contribution is -2.58. The molecule has 2 aliphatic heterocycles. The summed E-state index contributed by atoms with van der Waals surface area (Å²) >= 11 is 0. The fraction of sp³-hybridized carbons (Fsp3) is 0.343. The highest BCUT2D eigenvalue weighted by Gasteiger charge is 2.36. The third kappa shape index (κ3) is 4.98. The van der Waals surface area contributed by atoms with E-state index in [9.17, 15) is 14.9 Å². The van der Waals surface area contributed by atoms with Crippen molar-refractivity contribution in [1.82, 2.24) is 19.4 Å². The number of aryl methyl sites for hydroxylation is 1. The van der Waals surface area contributed by atoms with Crippen molar-refractivity contribution >= 4 is 22.6 Å². The average molecular weight is 625 g/mol. The molecule has 1 aromatic carbocycles. The van der Waals surface area contributed by atoms with Gasteiger partial charge in [0.05, 0.1) is 29.2 Å². The molecule has 1 amide bonds. The Balaban J connectivity index is 1.76. The minimum Gasteiger partial charge on any atom is -0.493 e. The summed E-state index contributed by atoms with van der Waals surface area (Å²) in [7, 11) is 0. The molecule has 2 unspecified atom stereocenters. The number of halogens is 2. The summed E-state index contributed by atoms with van der Waals surface area (Å²) in [4.78, 5) is 40.1. The maximum absolute atomic E-state index is 16.4. The molecule has 0 spiro atoms. The van der Waals surface area contributed by atoms with Gasteiger partial charge in [0.15, 0.2) is 11.5 Å². The van der Waals surface area contributed by atoms with Crippen molar-refractivity contribution in [2.24, 2.45) is 0 Å². The molecule has 6 rings (SSSR count). The third-order valence-electron chi connectivity index (χ3n) is 8.79. The lowest BCUT2D eigenvalue weighted by molar-refractivity contribution is -0.128. The zero-order valence-corrected chi connectivity index (χ0v) is 26.2. The van der Waals surface area contributed by atoms with E-state index in [0.29, 0.717) is 24.2 Å². The van der Waals surface area contributed by atoms with Crippen molar-refractivity contribution in [1.29, 1.82) is 5.26 Å². The molecule has 11 heteroatoms. The van der Waals surface area contributed by atoms with E-state index < -0.39 is 17.2 Å². The van der Waals surface area contributed by atoms with E-state index in [2.05, 4.69) is 17.6 Å². The number of benzene rings is 1. The third-order valence-corrected chi connectivity index (χ3v) is 8.79. The molecule has 2 atom stereocenters. The van der Waals surface area contributed by atoms with Crippen molar-refractivity contribution in [3.05, 3.63) is 88.0 Å². The van der Waals surface area contributed by atoms with E-state index in [0.717, 1.165) is 5.56 Å². The first-order valence-electron chi connectivity index (χ1n) is 15.4. The van der Waals surface area contributed by atoms with Crippen LogP contribution in [0.3, 0.4) is 0 Å². The topological polar surface area (TPSA) is 104 Å². The number of nitrogens with zero attached hydrogens (tertiary/aromatic N) is 6. The lowest BCUT2D eigenvalue weighted by atomic mass is 9.98. The number of hydrogen-bond acceptors (Lipinski definition) is 7. The van der Waals surface area contributed by atoms with Gasteiger partial charge < -0.3 is 14.5 Å². The minimum absolute atomic E-state index is 0.0609. The van der Waals surface area contributed by atoms with E-state index in [1.54, 1.807) is 17.2 Å². The predicted molar refractivity (Wildman–Crippen MR) is 171 cm³/mol. The summed E-state index contributed by atoms with van der Waals surface area (Å²) in [6.45, 7) is 12.0. The summed E-state index contributed by atoms with van der Waals surface area (Å²) in [5.74, 6) is -1.78.